The predicted molar refractivity (Wildman–Crippen MR) is 83.4 cm³/mol. The molecule has 0 fully saturated rings. The van der Waals surface area contributed by atoms with Crippen molar-refractivity contribution in [2.45, 2.75) is 11.8 Å². The lowest BCUT2D eigenvalue weighted by Crippen LogP contribution is -2.04. The molecule has 0 amide bonds. The maximum absolute atomic E-state index is 5.25. The topological polar surface area (TPSA) is 21.3 Å². The first kappa shape index (κ1) is 13.8. The Bertz CT molecular complexity index is 513. The fourth-order valence-electron chi connectivity index (χ4n) is 1.87. The summed E-state index contributed by atoms with van der Waals surface area (Å²) in [4.78, 5) is 1.32. The van der Waals surface area contributed by atoms with Gasteiger partial charge in [-0.15, -0.1) is 11.8 Å². The van der Waals surface area contributed by atoms with Crippen LogP contribution in [0.5, 0.6) is 5.75 Å². The predicted octanol–water partition coefficient (Wildman–Crippen LogP) is 4.21. The normalized spacial score (nSPS) is 10.2. The van der Waals surface area contributed by atoms with Gasteiger partial charge in [0.05, 0.1) is 7.11 Å². The van der Waals surface area contributed by atoms with Crippen LogP contribution >= 0.6 is 11.8 Å². The van der Waals surface area contributed by atoms with Crippen LogP contribution < -0.4 is 10.1 Å². The Morgan fingerprint density at radius 2 is 1.89 bits per heavy atom. The van der Waals surface area contributed by atoms with E-state index in [4.69, 9.17) is 4.74 Å². The molecule has 2 rings (SSSR count). The van der Waals surface area contributed by atoms with Gasteiger partial charge in [-0.2, -0.15) is 0 Å². The average Bonchev–Trinajstić information content (AvgIpc) is 2.45. The summed E-state index contributed by atoms with van der Waals surface area (Å²) < 4.78 is 5.25. The molecule has 0 bridgehead atoms. The highest BCUT2D eigenvalue weighted by molar-refractivity contribution is 7.99. The lowest BCUT2D eigenvalue weighted by atomic mass is 10.2. The monoisotopic (exact) mass is 273 g/mol. The largest absolute Gasteiger partial charge is 0.496 e. The number of thioether (sulfide) groups is 1. The molecule has 0 aromatic heterocycles. The number of aryl methyl sites for hydroxylation is 1. The van der Waals surface area contributed by atoms with Crippen LogP contribution in [0.2, 0.25) is 0 Å². The van der Waals surface area contributed by atoms with E-state index in [2.05, 4.69) is 48.6 Å². The summed E-state index contributed by atoms with van der Waals surface area (Å²) in [5.74, 6) is 1.99. The van der Waals surface area contributed by atoms with Gasteiger partial charge in [0.1, 0.15) is 5.75 Å². The summed E-state index contributed by atoms with van der Waals surface area (Å²) in [6, 6.07) is 16.6. The van der Waals surface area contributed by atoms with Crippen molar-refractivity contribution in [1.82, 2.24) is 0 Å². The molecule has 3 heteroatoms. The number of hydrogen-bond donors (Lipinski definition) is 1. The van der Waals surface area contributed by atoms with Crippen molar-refractivity contribution in [1.29, 1.82) is 0 Å². The molecule has 0 unspecified atom stereocenters. The molecule has 0 atom stereocenters. The maximum atomic E-state index is 5.25. The number of hydrogen-bond acceptors (Lipinski definition) is 3. The second-order valence-corrected chi connectivity index (χ2v) is 5.44. The lowest BCUT2D eigenvalue weighted by molar-refractivity contribution is 0.412. The minimum atomic E-state index is 0.934. The highest BCUT2D eigenvalue weighted by Crippen LogP contribution is 2.22. The Kier molecular flexibility index (Phi) is 5.16. The Labute approximate surface area is 119 Å². The van der Waals surface area contributed by atoms with Crippen molar-refractivity contribution in [3.8, 4) is 5.75 Å². The van der Waals surface area contributed by atoms with E-state index >= 15 is 0 Å². The molecular weight excluding hydrogens is 254 g/mol. The first-order valence-corrected chi connectivity index (χ1v) is 7.34. The van der Waals surface area contributed by atoms with E-state index in [9.17, 15) is 0 Å². The number of benzene rings is 2. The third kappa shape index (κ3) is 4.21. The van der Waals surface area contributed by atoms with Gasteiger partial charge < -0.3 is 10.1 Å². The van der Waals surface area contributed by atoms with Gasteiger partial charge in [0.25, 0.3) is 0 Å². The van der Waals surface area contributed by atoms with Crippen LogP contribution in [0.25, 0.3) is 0 Å². The van der Waals surface area contributed by atoms with Crippen molar-refractivity contribution < 1.29 is 4.74 Å². The van der Waals surface area contributed by atoms with E-state index < -0.39 is 0 Å². The van der Waals surface area contributed by atoms with E-state index in [1.165, 1.54) is 4.90 Å². The zero-order valence-electron chi connectivity index (χ0n) is 11.3. The van der Waals surface area contributed by atoms with Gasteiger partial charge in [0.2, 0.25) is 0 Å². The fourth-order valence-corrected chi connectivity index (χ4v) is 2.66. The maximum Gasteiger partial charge on any atom is 0.121 e. The number of anilines is 1. The molecule has 0 aliphatic rings. The Balaban J connectivity index is 1.78. The first-order chi connectivity index (χ1) is 9.29. The van der Waals surface area contributed by atoms with Crippen LogP contribution in [0.1, 0.15) is 5.56 Å². The summed E-state index contributed by atoms with van der Waals surface area (Å²) in [6.07, 6.45) is 0. The highest BCUT2D eigenvalue weighted by atomic mass is 32.2. The summed E-state index contributed by atoms with van der Waals surface area (Å²) >= 11 is 1.86. The number of ether oxygens (including phenoxy) is 1. The Hall–Kier alpha value is -1.61. The van der Waals surface area contributed by atoms with E-state index in [0.717, 1.165) is 29.3 Å². The second kappa shape index (κ2) is 7.10. The third-order valence-electron chi connectivity index (χ3n) is 2.84. The quantitative estimate of drug-likeness (QED) is 0.629. The zero-order chi connectivity index (χ0) is 13.5. The molecule has 0 saturated heterocycles. The third-order valence-corrected chi connectivity index (χ3v) is 3.85. The van der Waals surface area contributed by atoms with Crippen LogP contribution in [0.3, 0.4) is 0 Å². The van der Waals surface area contributed by atoms with Crippen LogP contribution in [0.4, 0.5) is 5.69 Å². The van der Waals surface area contributed by atoms with Gasteiger partial charge in [0, 0.05) is 22.9 Å². The van der Waals surface area contributed by atoms with Crippen molar-refractivity contribution >= 4 is 17.4 Å². The van der Waals surface area contributed by atoms with E-state index in [1.807, 2.05) is 23.9 Å². The van der Waals surface area contributed by atoms with Gasteiger partial charge in [0.15, 0.2) is 0 Å². The molecular formula is C16H19NOS. The molecule has 0 aliphatic heterocycles. The van der Waals surface area contributed by atoms with Gasteiger partial charge in [-0.1, -0.05) is 18.2 Å². The van der Waals surface area contributed by atoms with E-state index in [-0.39, 0.29) is 0 Å². The highest BCUT2D eigenvalue weighted by Gasteiger charge is 1.99. The molecule has 2 aromatic rings. The molecule has 2 aromatic carbocycles. The Morgan fingerprint density at radius 3 is 2.58 bits per heavy atom. The van der Waals surface area contributed by atoms with Crippen molar-refractivity contribution in [2.24, 2.45) is 0 Å². The van der Waals surface area contributed by atoms with Gasteiger partial charge in [-0.25, -0.2) is 0 Å². The molecule has 0 aliphatic carbocycles. The van der Waals surface area contributed by atoms with Gasteiger partial charge in [-0.05, 0) is 42.8 Å². The van der Waals surface area contributed by atoms with Gasteiger partial charge in [-0.3, -0.25) is 0 Å². The van der Waals surface area contributed by atoms with Crippen LogP contribution in [0.15, 0.2) is 53.4 Å². The van der Waals surface area contributed by atoms with E-state index in [1.54, 1.807) is 7.11 Å². The summed E-state index contributed by atoms with van der Waals surface area (Å²) in [7, 11) is 1.70. The molecule has 100 valence electrons. The average molecular weight is 273 g/mol. The molecule has 19 heavy (non-hydrogen) atoms. The standard InChI is InChI=1S/C16H19NOS/c1-13-12-14(8-9-16(13)18-2)17-10-11-19-15-6-4-3-5-7-15/h3-9,12,17H,10-11H2,1-2H3. The molecule has 0 spiro atoms. The van der Waals surface area contributed by atoms with Crippen LogP contribution in [-0.2, 0) is 0 Å². The summed E-state index contributed by atoms with van der Waals surface area (Å²) in [6.45, 7) is 3.01. The SMILES string of the molecule is COc1ccc(NCCSc2ccccc2)cc1C. The van der Waals surface area contributed by atoms with Crippen molar-refractivity contribution in [2.75, 3.05) is 24.7 Å². The van der Waals surface area contributed by atoms with Crippen LogP contribution in [0, 0.1) is 6.92 Å². The lowest BCUT2D eigenvalue weighted by Gasteiger charge is -2.09. The first-order valence-electron chi connectivity index (χ1n) is 6.36. The number of nitrogens with one attached hydrogen (secondary N) is 1. The zero-order valence-corrected chi connectivity index (χ0v) is 12.2. The van der Waals surface area contributed by atoms with Crippen molar-refractivity contribution in [3.05, 3.63) is 54.1 Å². The molecule has 0 radical (unpaired) electrons. The minimum absolute atomic E-state index is 0.934. The number of rotatable bonds is 6. The number of methoxy groups -OCH3 is 1. The smallest absolute Gasteiger partial charge is 0.121 e. The van der Waals surface area contributed by atoms with Crippen LogP contribution in [-0.4, -0.2) is 19.4 Å². The summed E-state index contributed by atoms with van der Waals surface area (Å²) in [5, 5.41) is 3.43. The van der Waals surface area contributed by atoms with Gasteiger partial charge >= 0.3 is 0 Å². The second-order valence-electron chi connectivity index (χ2n) is 4.27. The fraction of sp³-hybridized carbons (Fsp3) is 0.250. The summed E-state index contributed by atoms with van der Waals surface area (Å²) in [5.41, 5.74) is 2.30. The molecule has 0 heterocycles. The minimum Gasteiger partial charge on any atom is -0.496 e. The van der Waals surface area contributed by atoms with Crippen molar-refractivity contribution in [3.63, 3.8) is 0 Å². The molecule has 2 nitrogen and oxygen atoms in total. The molecule has 0 saturated carbocycles. The molecule has 1 N–H and O–H groups in total. The van der Waals surface area contributed by atoms with E-state index in [0.29, 0.717) is 0 Å². The Morgan fingerprint density at radius 1 is 1.11 bits per heavy atom.